The number of aliphatic hydroxyl groups is 3. The summed E-state index contributed by atoms with van der Waals surface area (Å²) in [5.74, 6) is 1.50. The highest BCUT2D eigenvalue weighted by Crippen LogP contribution is 2.66. The average molecular weight is 959 g/mol. The zero-order valence-electron chi connectivity index (χ0n) is 42.1. The van der Waals surface area contributed by atoms with Gasteiger partial charge in [0.25, 0.3) is 0 Å². The molecule has 0 radical (unpaired) electrons. The molecule has 5 saturated carbocycles. The number of aliphatic hydroxyl groups excluding tert-OH is 2. The van der Waals surface area contributed by atoms with Crippen molar-refractivity contribution in [2.24, 2.45) is 46.3 Å². The van der Waals surface area contributed by atoms with E-state index in [0.29, 0.717) is 88.5 Å². The van der Waals surface area contributed by atoms with E-state index in [0.717, 1.165) is 86.5 Å². The fraction of sp³-hybridized carbons (Fsp3) is 0.768. The van der Waals surface area contributed by atoms with Crippen molar-refractivity contribution in [1.29, 1.82) is 0 Å². The average Bonchev–Trinajstić information content (AvgIpc) is 4.25. The Kier molecular flexibility index (Phi) is 14.8. The summed E-state index contributed by atoms with van der Waals surface area (Å²) < 4.78 is 29.9. The van der Waals surface area contributed by atoms with Crippen molar-refractivity contribution < 1.29 is 53.4 Å². The minimum atomic E-state index is -1.36. The first-order valence-electron chi connectivity index (χ1n) is 26.9. The molecule has 14 atom stereocenters. The highest BCUT2D eigenvalue weighted by atomic mass is 16.7. The van der Waals surface area contributed by atoms with Crippen molar-refractivity contribution in [2.45, 2.75) is 198 Å². The molecule has 0 aromatic heterocycles. The van der Waals surface area contributed by atoms with E-state index in [1.807, 2.05) is 13.8 Å². The van der Waals surface area contributed by atoms with E-state index in [4.69, 9.17) is 23.7 Å². The molecule has 69 heavy (non-hydrogen) atoms. The molecular formula is C56H82N2O11. The van der Waals surface area contributed by atoms with Gasteiger partial charge >= 0.3 is 18.2 Å². The van der Waals surface area contributed by atoms with Crippen LogP contribution in [0.1, 0.15) is 150 Å². The van der Waals surface area contributed by atoms with Crippen molar-refractivity contribution in [2.75, 3.05) is 26.3 Å². The second-order valence-electron chi connectivity index (χ2n) is 23.7. The molecule has 2 saturated heterocycles. The van der Waals surface area contributed by atoms with Gasteiger partial charge in [-0.15, -0.1) is 0 Å². The summed E-state index contributed by atoms with van der Waals surface area (Å²) in [6.07, 6.45) is 20.5. The van der Waals surface area contributed by atoms with Crippen molar-refractivity contribution in [3.8, 4) is 0 Å². The standard InChI is InChI=1S/C56H82N2O11/c1-33(2)55(64,29-40-30-65-40)50(56-32-53(5)23-21-41-42(31-66-49(41)61)45(53)28-48(56)69-56)68-52(63)58-25-10-8-7-9-24-57-51(62)67-47(37-15-16-37)20-13-34(3)43-18-19-44-36(12-11-22-54(43,44)6)14-17-38-26-39(59)27-46(60)35(38)4/h13-14,17,20,33-34,37,39-40,43-48,50,59-60,64H,4,7-12,15-16,18-19,21-32H2,1-3,5-6H3,(H,57,62)(H,58,63)/b20-13+,36-14+,38-17-/t34-,39+,40-,43?,44?,45-,46-,47?,48-,50+,53+,54+,55+,56+/m0/s1. The first-order valence-corrected chi connectivity index (χ1v) is 26.9. The van der Waals surface area contributed by atoms with Crippen molar-refractivity contribution in [3.63, 3.8) is 0 Å². The molecule has 6 aliphatic carbocycles. The molecule has 3 heterocycles. The largest absolute Gasteiger partial charge is 0.458 e. The number of fused-ring (bicyclic) bond motifs is 4. The number of carbonyl (C=O) groups excluding carboxylic acids is 3. The fourth-order valence-electron chi connectivity index (χ4n) is 14.3. The molecule has 7 fully saturated rings. The Morgan fingerprint density at radius 3 is 2.35 bits per heavy atom. The molecule has 13 heteroatoms. The van der Waals surface area contributed by atoms with Crippen molar-refractivity contribution in [1.82, 2.24) is 10.6 Å². The fourth-order valence-corrected chi connectivity index (χ4v) is 14.3. The van der Waals surface area contributed by atoms with Gasteiger partial charge in [0.05, 0.1) is 31.0 Å². The van der Waals surface area contributed by atoms with Gasteiger partial charge in [-0.25, -0.2) is 14.4 Å². The molecule has 3 aliphatic heterocycles. The predicted octanol–water partition coefficient (Wildman–Crippen LogP) is 8.86. The van der Waals surface area contributed by atoms with E-state index in [9.17, 15) is 29.7 Å². The first-order chi connectivity index (χ1) is 32.9. The van der Waals surface area contributed by atoms with Gasteiger partial charge in [-0.3, -0.25) is 0 Å². The number of ether oxygens (including phenoxy) is 5. The Morgan fingerprint density at radius 2 is 1.65 bits per heavy atom. The Balaban J connectivity index is 0.706. The minimum Gasteiger partial charge on any atom is -0.458 e. The van der Waals surface area contributed by atoms with Crippen molar-refractivity contribution >= 4 is 18.2 Å². The molecule has 2 amide bonds. The number of esters is 1. The molecule has 0 aromatic carbocycles. The monoisotopic (exact) mass is 959 g/mol. The van der Waals surface area contributed by atoms with Crippen LogP contribution in [0.25, 0.3) is 0 Å². The number of rotatable bonds is 19. The summed E-state index contributed by atoms with van der Waals surface area (Å²) in [6.45, 7) is 16.9. The lowest BCUT2D eigenvalue weighted by Crippen LogP contribution is -2.61. The topological polar surface area (TPSA) is 189 Å². The SMILES string of the molecule is C=C1/C(=C\C=C2/CCC[C@@]3(C)C2CCC3[C@@H](C)/C=C/C(OC(=O)NCCCCCCNC(=O)O[C@@H]([C@@]23C[C@@]4(C)CCC5=C(COC5=O)[C@@H]4C[C@@H]2O3)[C@@](O)(C[C@H]2CO2)C(C)C)C2CC2)C[C@@H](O)C[C@@H]1O. The van der Waals surface area contributed by atoms with E-state index in [2.05, 4.69) is 62.3 Å². The van der Waals surface area contributed by atoms with Gasteiger partial charge in [0, 0.05) is 31.5 Å². The lowest BCUT2D eigenvalue weighted by atomic mass is 9.55. The molecule has 3 unspecified atom stereocenters. The van der Waals surface area contributed by atoms with Gasteiger partial charge in [-0.05, 0) is 159 Å². The number of alkyl carbamates (subject to hydrolysis) is 2. The van der Waals surface area contributed by atoms with Crippen LogP contribution in [0.15, 0.2) is 58.7 Å². The molecule has 0 spiro atoms. The maximum Gasteiger partial charge on any atom is 0.407 e. The lowest BCUT2D eigenvalue weighted by molar-refractivity contribution is -0.151. The summed E-state index contributed by atoms with van der Waals surface area (Å²) in [5, 5.41) is 39.0. The molecule has 9 aliphatic rings. The van der Waals surface area contributed by atoms with Crippen LogP contribution in [0, 0.1) is 46.3 Å². The summed E-state index contributed by atoms with van der Waals surface area (Å²) in [4.78, 5) is 39.0. The second kappa shape index (κ2) is 20.2. The van der Waals surface area contributed by atoms with Gasteiger partial charge in [-0.2, -0.15) is 0 Å². The number of unbranched alkanes of at least 4 members (excludes halogenated alkanes) is 3. The van der Waals surface area contributed by atoms with Crippen LogP contribution in [0.5, 0.6) is 0 Å². The van der Waals surface area contributed by atoms with Crippen LogP contribution in [0.3, 0.4) is 0 Å². The minimum absolute atomic E-state index is 0.0833. The number of amides is 2. The van der Waals surface area contributed by atoms with Gasteiger partial charge in [0.1, 0.15) is 23.9 Å². The Morgan fingerprint density at radius 1 is 0.928 bits per heavy atom. The number of carbonyl (C=O) groups is 3. The lowest BCUT2D eigenvalue weighted by Gasteiger charge is -2.50. The van der Waals surface area contributed by atoms with Crippen LogP contribution in [-0.2, 0) is 28.5 Å². The Labute approximate surface area is 410 Å². The van der Waals surface area contributed by atoms with E-state index in [1.165, 1.54) is 18.4 Å². The number of allylic oxidation sites excluding steroid dienone is 4. The van der Waals surface area contributed by atoms with Crippen LogP contribution in [-0.4, -0.2) is 108 Å². The molecule has 9 rings (SSSR count). The van der Waals surface area contributed by atoms with Crippen LogP contribution in [0.2, 0.25) is 0 Å². The van der Waals surface area contributed by atoms with Crippen molar-refractivity contribution in [3.05, 3.63) is 58.7 Å². The zero-order valence-corrected chi connectivity index (χ0v) is 42.1. The second-order valence-corrected chi connectivity index (χ2v) is 23.7. The van der Waals surface area contributed by atoms with E-state index in [1.54, 1.807) is 0 Å². The molecular weight excluding hydrogens is 877 g/mol. The van der Waals surface area contributed by atoms with Gasteiger partial charge in [0.15, 0.2) is 6.10 Å². The number of hydrogen-bond acceptors (Lipinski definition) is 11. The molecule has 13 nitrogen and oxygen atoms in total. The quantitative estimate of drug-likeness (QED) is 0.0274. The number of epoxide rings is 2. The normalized spacial score (nSPS) is 38.1. The predicted molar refractivity (Wildman–Crippen MR) is 261 cm³/mol. The maximum atomic E-state index is 13.6. The summed E-state index contributed by atoms with van der Waals surface area (Å²) >= 11 is 0. The highest BCUT2D eigenvalue weighted by molar-refractivity contribution is 5.92. The van der Waals surface area contributed by atoms with Gasteiger partial charge in [-0.1, -0.05) is 77.8 Å². The molecule has 0 aromatic rings. The van der Waals surface area contributed by atoms with Gasteiger partial charge in [0.2, 0.25) is 0 Å². The summed E-state index contributed by atoms with van der Waals surface area (Å²) in [6, 6.07) is 0. The van der Waals surface area contributed by atoms with Crippen LogP contribution in [0.4, 0.5) is 9.59 Å². The summed E-state index contributed by atoms with van der Waals surface area (Å²) in [5.41, 5.74) is 2.94. The molecule has 0 bridgehead atoms. The highest BCUT2D eigenvalue weighted by Gasteiger charge is 2.74. The van der Waals surface area contributed by atoms with E-state index >= 15 is 0 Å². The number of cyclic esters (lactones) is 1. The van der Waals surface area contributed by atoms with E-state index in [-0.39, 0.29) is 53.0 Å². The third-order valence-electron chi connectivity index (χ3n) is 18.8. The summed E-state index contributed by atoms with van der Waals surface area (Å²) in [7, 11) is 0. The first kappa shape index (κ1) is 50.5. The van der Waals surface area contributed by atoms with Gasteiger partial charge < -0.3 is 49.6 Å². The Bertz CT molecular complexity index is 2090. The Hall–Kier alpha value is -3.49. The third kappa shape index (κ3) is 10.6. The van der Waals surface area contributed by atoms with Crippen LogP contribution >= 0.6 is 0 Å². The van der Waals surface area contributed by atoms with E-state index < -0.39 is 35.6 Å². The molecule has 382 valence electrons. The molecule has 5 N–H and O–H groups in total. The third-order valence-corrected chi connectivity index (χ3v) is 18.8. The smallest absolute Gasteiger partial charge is 0.407 e. The zero-order chi connectivity index (χ0) is 48.9. The van der Waals surface area contributed by atoms with Crippen LogP contribution < -0.4 is 10.6 Å². The number of hydrogen-bond donors (Lipinski definition) is 5. The maximum absolute atomic E-state index is 13.6. The number of nitrogens with one attached hydrogen (secondary N) is 2.